The van der Waals surface area contributed by atoms with Crippen LogP contribution in [0.5, 0.6) is 0 Å². The molecule has 4 aromatic heterocycles. The summed E-state index contributed by atoms with van der Waals surface area (Å²) in [6.45, 7) is -4.25. The Morgan fingerprint density at radius 1 is 1.27 bits per heavy atom. The number of nitrogens with one attached hydrogen (secondary N) is 1. The molecule has 0 saturated carbocycles. The number of rotatable bonds is 8. The summed E-state index contributed by atoms with van der Waals surface area (Å²) in [4.78, 5) is 37.9. The monoisotopic (exact) mass is 612 g/mol. The van der Waals surface area contributed by atoms with E-state index in [-0.39, 0.29) is 49.0 Å². The number of aromatic amines is 1. The Balaban J connectivity index is 1.16. The molecule has 220 valence electrons. The first-order valence-corrected chi connectivity index (χ1v) is 15.2. The number of ether oxygens (including phenoxy) is 2. The molecule has 20 heteroatoms. The maximum Gasteiger partial charge on any atom is 0.282 e. The lowest BCUT2D eigenvalue weighted by atomic mass is 10.1. The van der Waals surface area contributed by atoms with Crippen LogP contribution >= 0.6 is 6.49 Å². The van der Waals surface area contributed by atoms with Gasteiger partial charge in [-0.05, 0) is 24.3 Å². The van der Waals surface area contributed by atoms with Gasteiger partial charge in [-0.3, -0.25) is 9.78 Å². The van der Waals surface area contributed by atoms with E-state index in [1.165, 1.54) is 15.6 Å². The van der Waals surface area contributed by atoms with Crippen molar-refractivity contribution >= 4 is 52.3 Å². The van der Waals surface area contributed by atoms with Crippen LogP contribution < -0.4 is 17.0 Å². The van der Waals surface area contributed by atoms with Crippen LogP contribution in [0.15, 0.2) is 23.4 Å². The molecule has 6 heterocycles. The molecule has 0 spiro atoms. The summed E-state index contributed by atoms with van der Waals surface area (Å²) < 4.78 is 35.2. The average molecular weight is 613 g/mol. The lowest BCUT2D eigenvalue weighted by molar-refractivity contribution is -0.0316. The second-order valence-electron chi connectivity index (χ2n) is 9.70. The number of aliphatic hydroxyl groups is 2. The van der Waals surface area contributed by atoms with Crippen molar-refractivity contribution in [3.8, 4) is 0 Å². The Labute approximate surface area is 234 Å². The number of fused-ring (bicyclic) bond motifs is 2. The van der Waals surface area contributed by atoms with Gasteiger partial charge >= 0.3 is 0 Å². The maximum atomic E-state index is 15.1. The highest BCUT2D eigenvalue weighted by molar-refractivity contribution is 8.09. The van der Waals surface area contributed by atoms with Gasteiger partial charge in [-0.15, -0.1) is 5.10 Å². The van der Waals surface area contributed by atoms with E-state index in [1.54, 1.807) is 12.3 Å². The van der Waals surface area contributed by atoms with Crippen molar-refractivity contribution in [3.63, 3.8) is 0 Å². The molecule has 2 saturated heterocycles. The Morgan fingerprint density at radius 3 is 2.85 bits per heavy atom. The van der Waals surface area contributed by atoms with E-state index in [4.69, 9.17) is 37.3 Å². The first kappa shape index (κ1) is 28.0. The van der Waals surface area contributed by atoms with E-state index in [0.717, 1.165) is 0 Å². The van der Waals surface area contributed by atoms with E-state index in [9.17, 15) is 19.9 Å². The van der Waals surface area contributed by atoms with Crippen LogP contribution in [0.2, 0.25) is 0 Å². The molecule has 6 rings (SSSR count). The number of anilines is 2. The van der Waals surface area contributed by atoms with E-state index in [0.29, 0.717) is 11.0 Å². The third-order valence-electron chi connectivity index (χ3n) is 7.17. The minimum Gasteiger partial charge on any atom is -0.394 e. The number of aromatic nitrogens is 8. The first-order valence-electron chi connectivity index (χ1n) is 12.5. The van der Waals surface area contributed by atoms with Gasteiger partial charge in [0.05, 0.1) is 36.5 Å². The minimum absolute atomic E-state index is 0.00177. The molecule has 2 aliphatic heterocycles. The fourth-order valence-corrected chi connectivity index (χ4v) is 7.52. The first-order chi connectivity index (χ1) is 19.6. The standard InChI is InChI=1S/C21H26FN10O7PS/c22-12-14(34)10(39-20(12)31-3-1-9-15(23)25-7-26-16(9)31)2-4-37-40(36,41)11-5-8(6-33)38-19(11)32-17-13(29-30-32)18(35)28-21(24)27-17/h1,3,7-8,10-12,14,19-20,33-34H,2,4-6H2,(H,36,41)(H2,23,25,26)(H3,24,27,28,35)/t8-,10+,11+,12-,14+,19+,20+,40?/m0/s1. The topological polar surface area (TPSA) is 248 Å². The number of hydrogen-bond donors (Lipinski definition) is 6. The molecule has 2 fully saturated rings. The fourth-order valence-electron chi connectivity index (χ4n) is 5.15. The lowest BCUT2D eigenvalue weighted by Crippen LogP contribution is -2.29. The quantitative estimate of drug-likeness (QED) is 0.132. The zero-order chi connectivity index (χ0) is 29.1. The van der Waals surface area contributed by atoms with Crippen LogP contribution in [-0.4, -0.2) is 98.0 Å². The predicted molar refractivity (Wildman–Crippen MR) is 144 cm³/mol. The zero-order valence-corrected chi connectivity index (χ0v) is 22.8. The molecule has 0 aromatic carbocycles. The third kappa shape index (κ3) is 4.87. The summed E-state index contributed by atoms with van der Waals surface area (Å²) in [6, 6.07) is 1.63. The molecule has 41 heavy (non-hydrogen) atoms. The van der Waals surface area contributed by atoms with Crippen LogP contribution in [0.1, 0.15) is 25.3 Å². The van der Waals surface area contributed by atoms with Gasteiger partial charge in [-0.2, -0.15) is 9.67 Å². The Hall–Kier alpha value is -3.16. The van der Waals surface area contributed by atoms with Gasteiger partial charge in [0.2, 0.25) is 5.95 Å². The minimum atomic E-state index is -3.69. The van der Waals surface area contributed by atoms with Crippen molar-refractivity contribution in [2.24, 2.45) is 0 Å². The smallest absolute Gasteiger partial charge is 0.282 e. The Morgan fingerprint density at radius 2 is 2.07 bits per heavy atom. The molecule has 0 aliphatic carbocycles. The fraction of sp³-hybridized carbons (Fsp3) is 0.524. The molecule has 8 atom stereocenters. The SMILES string of the molecule is Nc1nc2c(nnn2[C@@H]2O[C@H](CO)C[C@H]2P(O)(=S)OCC[C@H]2O[C@@H](n3ccc4c(N)ncnc43)[C@@H](F)[C@@H]2O)c(=O)[nH]1. The molecule has 0 radical (unpaired) electrons. The van der Waals surface area contributed by atoms with Gasteiger partial charge in [-0.25, -0.2) is 14.4 Å². The number of alkyl halides is 1. The van der Waals surface area contributed by atoms with Crippen LogP contribution in [0.4, 0.5) is 16.2 Å². The molecule has 1 unspecified atom stereocenters. The number of nitrogens with zero attached hydrogens (tertiary/aromatic N) is 7. The third-order valence-corrected chi connectivity index (χ3v) is 10.2. The second kappa shape index (κ2) is 10.6. The average Bonchev–Trinajstić information content (AvgIpc) is 3.70. The number of hydrogen-bond acceptors (Lipinski definition) is 14. The highest BCUT2D eigenvalue weighted by Crippen LogP contribution is 2.57. The van der Waals surface area contributed by atoms with Crippen molar-refractivity contribution in [2.75, 3.05) is 24.7 Å². The van der Waals surface area contributed by atoms with Gasteiger partial charge in [0, 0.05) is 12.6 Å². The highest BCUT2D eigenvalue weighted by Gasteiger charge is 2.48. The number of halogens is 1. The second-order valence-corrected chi connectivity index (χ2v) is 13.3. The van der Waals surface area contributed by atoms with E-state index >= 15 is 4.39 Å². The van der Waals surface area contributed by atoms with Gasteiger partial charge in [0.1, 0.15) is 23.9 Å². The highest BCUT2D eigenvalue weighted by atomic mass is 32.5. The molecule has 8 N–H and O–H groups in total. The Kier molecular flexibility index (Phi) is 7.23. The molecule has 2 aliphatic rings. The van der Waals surface area contributed by atoms with Crippen molar-refractivity contribution in [1.82, 2.24) is 39.5 Å². The maximum absolute atomic E-state index is 15.1. The van der Waals surface area contributed by atoms with Crippen LogP contribution in [0.25, 0.3) is 22.2 Å². The normalized spacial score (nSPS) is 29.9. The lowest BCUT2D eigenvalue weighted by Gasteiger charge is -2.27. The summed E-state index contributed by atoms with van der Waals surface area (Å²) in [5, 5.41) is 28.6. The summed E-state index contributed by atoms with van der Waals surface area (Å²) >= 11 is 5.48. The molecule has 0 amide bonds. The van der Waals surface area contributed by atoms with Crippen molar-refractivity contribution in [1.29, 1.82) is 0 Å². The summed E-state index contributed by atoms with van der Waals surface area (Å²) in [7, 11) is 0. The number of H-pyrrole nitrogens is 1. The van der Waals surface area contributed by atoms with Crippen LogP contribution in [0, 0.1) is 0 Å². The number of nitrogens with two attached hydrogens (primary N) is 2. The summed E-state index contributed by atoms with van der Waals surface area (Å²) in [5.74, 6) is 0.0475. The van der Waals surface area contributed by atoms with Gasteiger partial charge < -0.3 is 45.1 Å². The van der Waals surface area contributed by atoms with Gasteiger partial charge in [0.25, 0.3) is 5.56 Å². The van der Waals surface area contributed by atoms with E-state index in [2.05, 4.69) is 30.2 Å². The van der Waals surface area contributed by atoms with Gasteiger partial charge in [0.15, 0.2) is 36.3 Å². The molecular formula is C21H26FN10O7PS. The van der Waals surface area contributed by atoms with Crippen molar-refractivity contribution in [3.05, 3.63) is 28.9 Å². The largest absolute Gasteiger partial charge is 0.394 e. The summed E-state index contributed by atoms with van der Waals surface area (Å²) in [6.07, 6.45) is -4.34. The molecular weight excluding hydrogens is 586 g/mol. The van der Waals surface area contributed by atoms with Crippen molar-refractivity contribution in [2.45, 2.75) is 55.4 Å². The number of nitrogen functional groups attached to an aromatic ring is 2. The Bertz CT molecular complexity index is 1700. The van der Waals surface area contributed by atoms with E-state index < -0.39 is 54.6 Å². The molecule has 4 aromatic rings. The van der Waals surface area contributed by atoms with E-state index in [1.807, 2.05) is 0 Å². The predicted octanol–water partition coefficient (Wildman–Crippen LogP) is -0.923. The summed E-state index contributed by atoms with van der Waals surface area (Å²) in [5.41, 5.74) is 10.3. The zero-order valence-electron chi connectivity index (χ0n) is 21.1. The van der Waals surface area contributed by atoms with Crippen LogP contribution in [-0.2, 0) is 25.8 Å². The number of aliphatic hydroxyl groups excluding tert-OH is 2. The van der Waals surface area contributed by atoms with Gasteiger partial charge in [-0.1, -0.05) is 5.21 Å². The molecule has 0 bridgehead atoms. The van der Waals surface area contributed by atoms with Crippen molar-refractivity contribution < 1.29 is 33.5 Å². The van der Waals surface area contributed by atoms with Crippen LogP contribution in [0.3, 0.4) is 0 Å². The molecule has 17 nitrogen and oxygen atoms in total.